The first-order valence-corrected chi connectivity index (χ1v) is 6.48. The van der Waals surface area contributed by atoms with Gasteiger partial charge in [-0.1, -0.05) is 18.2 Å². The lowest BCUT2D eigenvalue weighted by Crippen LogP contribution is -2.30. The Labute approximate surface area is 132 Å². The SMILES string of the molecule is O=C(NNc1ccccc1)c1cc(C(F)(F)F)cc(C(F)(F)F)c1. The molecule has 24 heavy (non-hydrogen) atoms. The number of nitrogens with one attached hydrogen (secondary N) is 2. The molecule has 0 fully saturated rings. The Morgan fingerprint density at radius 2 is 1.29 bits per heavy atom. The first kappa shape index (κ1) is 17.6. The van der Waals surface area contributed by atoms with Gasteiger partial charge in [-0.15, -0.1) is 0 Å². The fraction of sp³-hybridized carbons (Fsp3) is 0.133. The number of hydrogen-bond acceptors (Lipinski definition) is 2. The van der Waals surface area contributed by atoms with Crippen molar-refractivity contribution >= 4 is 11.6 Å². The third kappa shape index (κ3) is 4.40. The molecule has 0 atom stereocenters. The number of hydrazine groups is 1. The zero-order valence-corrected chi connectivity index (χ0v) is 11.8. The molecule has 2 rings (SSSR count). The molecule has 0 bridgehead atoms. The van der Waals surface area contributed by atoms with Crippen molar-refractivity contribution in [2.24, 2.45) is 0 Å². The summed E-state index contributed by atoms with van der Waals surface area (Å²) in [5, 5.41) is 0. The van der Waals surface area contributed by atoms with Gasteiger partial charge in [-0.25, -0.2) is 0 Å². The highest BCUT2D eigenvalue weighted by Crippen LogP contribution is 2.36. The number of carbonyl (C=O) groups excluding carboxylic acids is 1. The standard InChI is InChI=1S/C15H10F6N2O/c16-14(17,18)10-6-9(7-11(8-10)15(19,20)21)13(24)23-22-12-4-2-1-3-5-12/h1-8,22H,(H,23,24). The average molecular weight is 348 g/mol. The zero-order chi connectivity index (χ0) is 18.0. The molecule has 0 aliphatic rings. The fourth-order valence-corrected chi connectivity index (χ4v) is 1.81. The van der Waals surface area contributed by atoms with Crippen molar-refractivity contribution in [3.63, 3.8) is 0 Å². The van der Waals surface area contributed by atoms with Crippen LogP contribution in [0.5, 0.6) is 0 Å². The van der Waals surface area contributed by atoms with Crippen molar-refractivity contribution in [1.29, 1.82) is 0 Å². The van der Waals surface area contributed by atoms with Gasteiger partial charge in [-0.3, -0.25) is 15.6 Å². The minimum absolute atomic E-state index is 0.0403. The number of para-hydroxylation sites is 1. The lowest BCUT2D eigenvalue weighted by molar-refractivity contribution is -0.143. The molecular formula is C15H10F6N2O. The number of anilines is 1. The average Bonchev–Trinajstić information content (AvgIpc) is 2.51. The third-order valence-corrected chi connectivity index (χ3v) is 2.94. The summed E-state index contributed by atoms with van der Waals surface area (Å²) in [7, 11) is 0. The van der Waals surface area contributed by atoms with Gasteiger partial charge in [-0.2, -0.15) is 26.3 Å². The summed E-state index contributed by atoms with van der Waals surface area (Å²) < 4.78 is 76.4. The zero-order valence-electron chi connectivity index (χ0n) is 11.8. The van der Waals surface area contributed by atoms with Crippen molar-refractivity contribution < 1.29 is 31.1 Å². The second kappa shape index (κ2) is 6.42. The molecule has 3 nitrogen and oxygen atoms in total. The van der Waals surface area contributed by atoms with Crippen LogP contribution in [0.4, 0.5) is 32.0 Å². The molecule has 0 radical (unpaired) electrons. The van der Waals surface area contributed by atoms with Crippen LogP contribution in [0, 0.1) is 0 Å². The minimum atomic E-state index is -5.01. The molecule has 0 aliphatic carbocycles. The molecule has 2 aromatic rings. The van der Waals surface area contributed by atoms with Gasteiger partial charge in [0.1, 0.15) is 0 Å². The Balaban J connectivity index is 2.29. The van der Waals surface area contributed by atoms with Gasteiger partial charge >= 0.3 is 12.4 Å². The Bertz CT molecular complexity index is 693. The van der Waals surface area contributed by atoms with E-state index in [0.29, 0.717) is 17.8 Å². The first-order valence-electron chi connectivity index (χ1n) is 6.48. The molecule has 128 valence electrons. The summed E-state index contributed by atoms with van der Waals surface area (Å²) >= 11 is 0. The number of halogens is 6. The van der Waals surface area contributed by atoms with Crippen LogP contribution in [0.15, 0.2) is 48.5 Å². The van der Waals surface area contributed by atoms with E-state index in [1.165, 1.54) is 0 Å². The Kier molecular flexibility index (Phi) is 4.72. The lowest BCUT2D eigenvalue weighted by Gasteiger charge is -2.14. The van der Waals surface area contributed by atoms with Crippen molar-refractivity contribution in [2.75, 3.05) is 5.43 Å². The molecule has 0 heterocycles. The van der Waals surface area contributed by atoms with Crippen LogP contribution in [0.2, 0.25) is 0 Å². The van der Waals surface area contributed by atoms with Crippen molar-refractivity contribution in [3.8, 4) is 0 Å². The topological polar surface area (TPSA) is 41.1 Å². The second-order valence-corrected chi connectivity index (χ2v) is 4.74. The van der Waals surface area contributed by atoms with E-state index >= 15 is 0 Å². The van der Waals surface area contributed by atoms with E-state index in [4.69, 9.17) is 0 Å². The number of alkyl halides is 6. The maximum absolute atomic E-state index is 12.7. The smallest absolute Gasteiger partial charge is 0.298 e. The maximum atomic E-state index is 12.7. The molecule has 1 amide bonds. The van der Waals surface area contributed by atoms with Gasteiger partial charge in [0.05, 0.1) is 16.8 Å². The molecule has 0 unspecified atom stereocenters. The van der Waals surface area contributed by atoms with Crippen LogP contribution in [0.3, 0.4) is 0 Å². The summed E-state index contributed by atoms with van der Waals surface area (Å²) in [5.74, 6) is -1.13. The fourth-order valence-electron chi connectivity index (χ4n) is 1.81. The highest BCUT2D eigenvalue weighted by Gasteiger charge is 2.37. The normalized spacial score (nSPS) is 11.9. The summed E-state index contributed by atoms with van der Waals surface area (Å²) in [5.41, 5.74) is 0.987. The van der Waals surface area contributed by atoms with E-state index in [2.05, 4.69) is 5.43 Å². The van der Waals surface area contributed by atoms with Crippen molar-refractivity contribution in [1.82, 2.24) is 5.43 Å². The molecule has 2 N–H and O–H groups in total. The predicted octanol–water partition coefficient (Wildman–Crippen LogP) is 4.48. The molecule has 0 aliphatic heterocycles. The van der Waals surface area contributed by atoms with E-state index in [1.807, 2.05) is 5.43 Å². The molecule has 9 heteroatoms. The first-order chi connectivity index (χ1) is 11.1. The van der Waals surface area contributed by atoms with Gasteiger partial charge in [0.15, 0.2) is 0 Å². The van der Waals surface area contributed by atoms with E-state index in [0.717, 1.165) is 0 Å². The second-order valence-electron chi connectivity index (χ2n) is 4.74. The van der Waals surface area contributed by atoms with Crippen LogP contribution in [-0.4, -0.2) is 5.91 Å². The van der Waals surface area contributed by atoms with Crippen LogP contribution < -0.4 is 10.9 Å². The van der Waals surface area contributed by atoms with Gasteiger partial charge in [0, 0.05) is 5.56 Å². The number of amides is 1. The summed E-state index contributed by atoms with van der Waals surface area (Å²) in [4.78, 5) is 11.9. The Hall–Kier alpha value is -2.71. The summed E-state index contributed by atoms with van der Waals surface area (Å²) in [6.07, 6.45) is -10.0. The van der Waals surface area contributed by atoms with Crippen LogP contribution in [0.1, 0.15) is 21.5 Å². The van der Waals surface area contributed by atoms with E-state index in [9.17, 15) is 31.1 Å². The molecular weight excluding hydrogens is 338 g/mol. The van der Waals surface area contributed by atoms with Crippen LogP contribution >= 0.6 is 0 Å². The van der Waals surface area contributed by atoms with E-state index < -0.39 is 35.0 Å². The monoisotopic (exact) mass is 348 g/mol. The molecule has 0 spiro atoms. The highest BCUT2D eigenvalue weighted by molar-refractivity contribution is 5.95. The van der Waals surface area contributed by atoms with Gasteiger partial charge in [0.2, 0.25) is 0 Å². The quantitative estimate of drug-likeness (QED) is 0.634. The molecule has 0 aromatic heterocycles. The van der Waals surface area contributed by atoms with Gasteiger partial charge < -0.3 is 0 Å². The van der Waals surface area contributed by atoms with Crippen molar-refractivity contribution in [3.05, 3.63) is 65.2 Å². The number of hydrogen-bond donors (Lipinski definition) is 2. The third-order valence-electron chi connectivity index (χ3n) is 2.94. The van der Waals surface area contributed by atoms with Crippen LogP contribution in [0.25, 0.3) is 0 Å². The number of carbonyl (C=O) groups is 1. The van der Waals surface area contributed by atoms with Gasteiger partial charge in [-0.05, 0) is 30.3 Å². The minimum Gasteiger partial charge on any atom is -0.298 e. The molecule has 0 saturated heterocycles. The number of rotatable bonds is 3. The molecule has 2 aromatic carbocycles. The van der Waals surface area contributed by atoms with E-state index in [1.54, 1.807) is 30.3 Å². The Morgan fingerprint density at radius 1 is 0.792 bits per heavy atom. The van der Waals surface area contributed by atoms with Gasteiger partial charge in [0.25, 0.3) is 5.91 Å². The maximum Gasteiger partial charge on any atom is 0.416 e. The van der Waals surface area contributed by atoms with E-state index in [-0.39, 0.29) is 6.07 Å². The van der Waals surface area contributed by atoms with Crippen LogP contribution in [-0.2, 0) is 12.4 Å². The Morgan fingerprint density at radius 3 is 1.75 bits per heavy atom. The summed E-state index contributed by atoms with van der Waals surface area (Å²) in [6.45, 7) is 0. The number of benzene rings is 2. The summed E-state index contributed by atoms with van der Waals surface area (Å²) in [6, 6.07) is 8.72. The highest BCUT2D eigenvalue weighted by atomic mass is 19.4. The largest absolute Gasteiger partial charge is 0.416 e. The predicted molar refractivity (Wildman–Crippen MR) is 74.0 cm³/mol. The lowest BCUT2D eigenvalue weighted by atomic mass is 10.0. The molecule has 0 saturated carbocycles. The van der Waals surface area contributed by atoms with Crippen molar-refractivity contribution in [2.45, 2.75) is 12.4 Å².